The molecule has 1 aromatic heterocycles. The summed E-state index contributed by atoms with van der Waals surface area (Å²) in [5.74, 6) is 0.763. The molecule has 0 amide bonds. The van der Waals surface area contributed by atoms with Gasteiger partial charge in [0, 0.05) is 23.1 Å². The van der Waals surface area contributed by atoms with E-state index in [9.17, 15) is 0 Å². The maximum atomic E-state index is 6.02. The summed E-state index contributed by atoms with van der Waals surface area (Å²) in [6, 6.07) is 7.67. The van der Waals surface area contributed by atoms with E-state index >= 15 is 0 Å². The van der Waals surface area contributed by atoms with Gasteiger partial charge in [-0.3, -0.25) is 0 Å². The van der Waals surface area contributed by atoms with E-state index in [1.807, 2.05) is 25.1 Å². The van der Waals surface area contributed by atoms with Gasteiger partial charge < -0.3 is 5.32 Å². The van der Waals surface area contributed by atoms with E-state index in [0.717, 1.165) is 22.1 Å². The van der Waals surface area contributed by atoms with E-state index in [1.54, 1.807) is 18.5 Å². The summed E-state index contributed by atoms with van der Waals surface area (Å²) < 4.78 is 0. The zero-order valence-corrected chi connectivity index (χ0v) is 9.70. The van der Waals surface area contributed by atoms with Crippen molar-refractivity contribution in [3.63, 3.8) is 0 Å². The maximum absolute atomic E-state index is 6.02. The molecule has 0 saturated heterocycles. The Labute approximate surface area is 99.5 Å². The molecule has 16 heavy (non-hydrogen) atoms. The lowest BCUT2D eigenvalue weighted by molar-refractivity contribution is 0.948. The van der Waals surface area contributed by atoms with E-state index in [1.165, 1.54) is 0 Å². The second-order valence-corrected chi connectivity index (χ2v) is 3.89. The molecular formula is C12H12ClN3. The minimum absolute atomic E-state index is 0.597. The third-order valence-electron chi connectivity index (χ3n) is 2.24. The first-order valence-corrected chi connectivity index (χ1v) is 5.39. The lowest BCUT2D eigenvalue weighted by atomic mass is 10.2. The summed E-state index contributed by atoms with van der Waals surface area (Å²) in [5, 5.41) is 3.98. The molecule has 3 nitrogen and oxygen atoms in total. The van der Waals surface area contributed by atoms with E-state index < -0.39 is 0 Å². The number of nitrogens with one attached hydrogen (secondary N) is 1. The Morgan fingerprint density at radius 2 is 2.00 bits per heavy atom. The monoisotopic (exact) mass is 233 g/mol. The Bertz CT molecular complexity index is 471. The lowest BCUT2D eigenvalue weighted by Gasteiger charge is -2.06. The fourth-order valence-electron chi connectivity index (χ4n) is 1.31. The van der Waals surface area contributed by atoms with Crippen molar-refractivity contribution in [1.29, 1.82) is 0 Å². The zero-order chi connectivity index (χ0) is 11.4. The fourth-order valence-corrected chi connectivity index (χ4v) is 1.49. The Balaban J connectivity index is 2.03. The molecule has 0 radical (unpaired) electrons. The molecule has 1 aromatic carbocycles. The molecule has 0 atom stereocenters. The molecule has 0 fully saturated rings. The van der Waals surface area contributed by atoms with E-state index in [4.69, 9.17) is 11.6 Å². The predicted molar refractivity (Wildman–Crippen MR) is 65.5 cm³/mol. The van der Waals surface area contributed by atoms with Gasteiger partial charge in [-0.15, -0.1) is 0 Å². The number of rotatable bonds is 3. The van der Waals surface area contributed by atoms with Crippen LogP contribution in [0.5, 0.6) is 0 Å². The molecule has 0 saturated carbocycles. The summed E-state index contributed by atoms with van der Waals surface area (Å²) in [6.45, 7) is 2.58. The maximum Gasteiger partial charge on any atom is 0.147 e. The highest BCUT2D eigenvalue weighted by molar-refractivity contribution is 6.31. The quantitative estimate of drug-likeness (QED) is 0.886. The van der Waals surface area contributed by atoms with Gasteiger partial charge in [0.25, 0.3) is 0 Å². The number of anilines is 1. The van der Waals surface area contributed by atoms with Gasteiger partial charge in [-0.1, -0.05) is 17.7 Å². The van der Waals surface area contributed by atoms with Crippen LogP contribution in [0.2, 0.25) is 5.02 Å². The molecule has 2 rings (SSSR count). The van der Waals surface area contributed by atoms with Crippen molar-refractivity contribution >= 4 is 17.3 Å². The number of hydrogen-bond acceptors (Lipinski definition) is 3. The zero-order valence-electron chi connectivity index (χ0n) is 8.94. The van der Waals surface area contributed by atoms with Gasteiger partial charge in [-0.25, -0.2) is 9.97 Å². The van der Waals surface area contributed by atoms with Crippen molar-refractivity contribution in [3.8, 4) is 0 Å². The molecule has 0 aliphatic rings. The van der Waals surface area contributed by atoms with Crippen molar-refractivity contribution in [2.75, 3.05) is 5.32 Å². The largest absolute Gasteiger partial charge is 0.378 e. The van der Waals surface area contributed by atoms with Crippen molar-refractivity contribution in [1.82, 2.24) is 9.97 Å². The van der Waals surface area contributed by atoms with Crippen molar-refractivity contribution < 1.29 is 0 Å². The standard InChI is InChI=1S/C12H12ClN3/c1-9-3-4-10(7-11(9)13)16-8-12-14-5-2-6-15-12/h2-7,16H,8H2,1H3. The molecule has 0 aliphatic heterocycles. The van der Waals surface area contributed by atoms with Gasteiger partial charge in [-0.2, -0.15) is 0 Å². The average molecular weight is 234 g/mol. The summed E-state index contributed by atoms with van der Waals surface area (Å²) >= 11 is 6.02. The van der Waals surface area contributed by atoms with E-state index in [-0.39, 0.29) is 0 Å². The Hall–Kier alpha value is -1.61. The Kier molecular flexibility index (Phi) is 3.37. The fraction of sp³-hybridized carbons (Fsp3) is 0.167. The van der Waals surface area contributed by atoms with Gasteiger partial charge in [-0.05, 0) is 30.7 Å². The minimum Gasteiger partial charge on any atom is -0.378 e. The molecule has 1 heterocycles. The number of aryl methyl sites for hydroxylation is 1. The summed E-state index contributed by atoms with van der Waals surface area (Å²) in [5.41, 5.74) is 2.05. The van der Waals surface area contributed by atoms with Crippen LogP contribution in [0.25, 0.3) is 0 Å². The molecule has 0 spiro atoms. The van der Waals surface area contributed by atoms with E-state index in [2.05, 4.69) is 15.3 Å². The summed E-state index contributed by atoms with van der Waals surface area (Å²) in [4.78, 5) is 8.25. The number of benzene rings is 1. The van der Waals surface area contributed by atoms with Crippen LogP contribution in [0.3, 0.4) is 0 Å². The molecule has 0 aliphatic carbocycles. The van der Waals surface area contributed by atoms with Crippen LogP contribution < -0.4 is 5.32 Å². The summed E-state index contributed by atoms with van der Waals surface area (Å²) in [7, 11) is 0. The van der Waals surface area contributed by atoms with Gasteiger partial charge in [0.1, 0.15) is 5.82 Å². The molecule has 4 heteroatoms. The third kappa shape index (κ3) is 2.70. The second kappa shape index (κ2) is 4.94. The first-order valence-electron chi connectivity index (χ1n) is 5.01. The van der Waals surface area contributed by atoms with Crippen molar-refractivity contribution in [2.45, 2.75) is 13.5 Å². The topological polar surface area (TPSA) is 37.8 Å². The van der Waals surface area contributed by atoms with Crippen LogP contribution >= 0.6 is 11.6 Å². The average Bonchev–Trinajstić information content (AvgIpc) is 2.32. The molecule has 82 valence electrons. The predicted octanol–water partition coefficient (Wildman–Crippen LogP) is 3.05. The van der Waals surface area contributed by atoms with Crippen LogP contribution in [0.4, 0.5) is 5.69 Å². The highest BCUT2D eigenvalue weighted by Crippen LogP contribution is 2.20. The van der Waals surface area contributed by atoms with Crippen molar-refractivity contribution in [3.05, 3.63) is 53.1 Å². The Morgan fingerprint density at radius 1 is 1.25 bits per heavy atom. The molecule has 0 unspecified atom stereocenters. The van der Waals surface area contributed by atoms with E-state index in [0.29, 0.717) is 6.54 Å². The third-order valence-corrected chi connectivity index (χ3v) is 2.65. The second-order valence-electron chi connectivity index (χ2n) is 3.48. The molecule has 1 N–H and O–H groups in total. The van der Waals surface area contributed by atoms with Gasteiger partial charge in [0.2, 0.25) is 0 Å². The normalized spacial score (nSPS) is 10.1. The molecular weight excluding hydrogens is 222 g/mol. The number of halogens is 1. The molecule has 0 bridgehead atoms. The minimum atomic E-state index is 0.597. The number of nitrogens with zero attached hydrogens (tertiary/aromatic N) is 2. The number of aromatic nitrogens is 2. The van der Waals surface area contributed by atoms with Crippen LogP contribution in [0.15, 0.2) is 36.7 Å². The van der Waals surface area contributed by atoms with Crippen LogP contribution in [-0.2, 0) is 6.54 Å². The first-order chi connectivity index (χ1) is 7.75. The number of hydrogen-bond donors (Lipinski definition) is 1. The Morgan fingerprint density at radius 3 is 2.69 bits per heavy atom. The van der Waals surface area contributed by atoms with Crippen LogP contribution in [0.1, 0.15) is 11.4 Å². The van der Waals surface area contributed by atoms with Crippen LogP contribution in [-0.4, -0.2) is 9.97 Å². The lowest BCUT2D eigenvalue weighted by Crippen LogP contribution is -2.03. The first kappa shape index (κ1) is 10.9. The highest BCUT2D eigenvalue weighted by Gasteiger charge is 1.98. The van der Waals surface area contributed by atoms with Crippen molar-refractivity contribution in [2.24, 2.45) is 0 Å². The van der Waals surface area contributed by atoms with Gasteiger partial charge >= 0.3 is 0 Å². The summed E-state index contributed by atoms with van der Waals surface area (Å²) in [6.07, 6.45) is 3.46. The van der Waals surface area contributed by atoms with Gasteiger partial charge in [0.15, 0.2) is 0 Å². The van der Waals surface area contributed by atoms with Gasteiger partial charge in [0.05, 0.1) is 6.54 Å². The highest BCUT2D eigenvalue weighted by atomic mass is 35.5. The molecule has 2 aromatic rings. The van der Waals surface area contributed by atoms with Crippen LogP contribution in [0, 0.1) is 6.92 Å². The SMILES string of the molecule is Cc1ccc(NCc2ncccn2)cc1Cl. The smallest absolute Gasteiger partial charge is 0.147 e.